The zero-order valence-electron chi connectivity index (χ0n) is 8.75. The summed E-state index contributed by atoms with van der Waals surface area (Å²) in [6.07, 6.45) is -0.173. The van der Waals surface area contributed by atoms with Crippen molar-refractivity contribution >= 4 is 16.0 Å². The molecule has 2 atom stereocenters. The quantitative estimate of drug-likeness (QED) is 0.534. The molecule has 0 aliphatic carbocycles. The molecule has 0 aromatic heterocycles. The monoisotopic (exact) mass is 250 g/mol. The second kappa shape index (κ2) is 6.42. The van der Waals surface area contributed by atoms with E-state index in [4.69, 9.17) is 15.5 Å². The Bertz CT molecular complexity index is 372. The van der Waals surface area contributed by atoms with Gasteiger partial charge in [-0.25, -0.2) is 8.42 Å². The second-order valence-electron chi connectivity index (χ2n) is 3.09. The molecule has 0 bridgehead atoms. The number of rotatable bonds is 7. The number of aliphatic hydroxyl groups is 1. The van der Waals surface area contributed by atoms with Gasteiger partial charge in [0.2, 0.25) is 10.0 Å². The standard InChI is InChI=1S/C8H14N2O5S/c1-2-6(5-9)16(14,15)10-7(3-4-11)8(12)13/h6-7,10-11H,2-4H2,1H3,(H,12,13). The van der Waals surface area contributed by atoms with Gasteiger partial charge in [0.25, 0.3) is 0 Å². The zero-order chi connectivity index (χ0) is 12.8. The lowest BCUT2D eigenvalue weighted by atomic mass is 10.2. The minimum Gasteiger partial charge on any atom is -0.480 e. The average molecular weight is 250 g/mol. The van der Waals surface area contributed by atoms with Crippen LogP contribution in [0.15, 0.2) is 0 Å². The lowest BCUT2D eigenvalue weighted by Gasteiger charge is -2.15. The number of sulfonamides is 1. The maximum Gasteiger partial charge on any atom is 0.321 e. The summed E-state index contributed by atoms with van der Waals surface area (Å²) in [5, 5.41) is 24.5. The molecule has 0 aromatic rings. The number of carboxylic acids is 1. The fourth-order valence-electron chi connectivity index (χ4n) is 1.02. The van der Waals surface area contributed by atoms with Gasteiger partial charge in [0.05, 0.1) is 6.07 Å². The fourth-order valence-corrected chi connectivity index (χ4v) is 2.38. The van der Waals surface area contributed by atoms with Gasteiger partial charge in [-0.3, -0.25) is 4.79 Å². The summed E-state index contributed by atoms with van der Waals surface area (Å²) in [4.78, 5) is 10.6. The number of carboxylic acid groups (broad SMARTS) is 1. The Morgan fingerprint density at radius 2 is 2.12 bits per heavy atom. The highest BCUT2D eigenvalue weighted by atomic mass is 32.2. The van der Waals surface area contributed by atoms with Crippen LogP contribution in [-0.2, 0) is 14.8 Å². The Morgan fingerprint density at radius 3 is 2.44 bits per heavy atom. The van der Waals surface area contributed by atoms with E-state index in [0.29, 0.717) is 0 Å². The normalized spacial score (nSPS) is 15.1. The predicted molar refractivity (Wildman–Crippen MR) is 54.9 cm³/mol. The summed E-state index contributed by atoms with van der Waals surface area (Å²) in [6, 6.07) is 0.167. The van der Waals surface area contributed by atoms with Crippen LogP contribution in [0, 0.1) is 11.3 Å². The minimum atomic E-state index is -3.99. The van der Waals surface area contributed by atoms with Crippen molar-refractivity contribution in [1.82, 2.24) is 4.72 Å². The number of carbonyl (C=O) groups is 1. The van der Waals surface area contributed by atoms with Crippen LogP contribution in [0.5, 0.6) is 0 Å². The van der Waals surface area contributed by atoms with Crippen molar-refractivity contribution in [1.29, 1.82) is 5.26 Å². The molecule has 0 radical (unpaired) electrons. The maximum atomic E-state index is 11.5. The van der Waals surface area contributed by atoms with Crippen LogP contribution in [0.1, 0.15) is 19.8 Å². The molecule has 7 nitrogen and oxygen atoms in total. The maximum absolute atomic E-state index is 11.5. The number of aliphatic hydroxyl groups excluding tert-OH is 1. The lowest BCUT2D eigenvalue weighted by molar-refractivity contribution is -0.139. The molecule has 0 aliphatic rings. The molecule has 0 spiro atoms. The highest BCUT2D eigenvalue weighted by molar-refractivity contribution is 7.90. The summed E-state index contributed by atoms with van der Waals surface area (Å²) in [5.74, 6) is -1.38. The summed E-state index contributed by atoms with van der Waals surface area (Å²) < 4.78 is 24.9. The topological polar surface area (TPSA) is 127 Å². The molecular formula is C8H14N2O5S. The van der Waals surface area contributed by atoms with Gasteiger partial charge in [0.1, 0.15) is 6.04 Å². The second-order valence-corrected chi connectivity index (χ2v) is 4.99. The Balaban J connectivity index is 4.80. The summed E-state index contributed by atoms with van der Waals surface area (Å²) >= 11 is 0. The van der Waals surface area contributed by atoms with Crippen LogP contribution in [0.25, 0.3) is 0 Å². The molecule has 0 amide bonds. The Labute approximate surface area is 93.7 Å². The van der Waals surface area contributed by atoms with Crippen LogP contribution in [0.4, 0.5) is 0 Å². The smallest absolute Gasteiger partial charge is 0.321 e. The third-order valence-electron chi connectivity index (χ3n) is 1.91. The molecule has 0 saturated heterocycles. The van der Waals surface area contributed by atoms with Gasteiger partial charge in [0, 0.05) is 6.61 Å². The Morgan fingerprint density at radius 1 is 1.56 bits per heavy atom. The molecule has 0 heterocycles. The number of hydrogen-bond acceptors (Lipinski definition) is 5. The van der Waals surface area contributed by atoms with Crippen molar-refractivity contribution in [2.24, 2.45) is 0 Å². The number of aliphatic carboxylic acids is 1. The third kappa shape index (κ3) is 4.14. The first-order chi connectivity index (χ1) is 7.38. The molecule has 0 aliphatic heterocycles. The molecule has 0 aromatic carbocycles. The SMILES string of the molecule is CCC(C#N)S(=O)(=O)NC(CCO)C(=O)O. The fraction of sp³-hybridized carbons (Fsp3) is 0.750. The molecule has 3 N–H and O–H groups in total. The molecule has 92 valence electrons. The molecule has 0 fully saturated rings. The van der Waals surface area contributed by atoms with Gasteiger partial charge in [-0.05, 0) is 12.8 Å². The van der Waals surface area contributed by atoms with Gasteiger partial charge >= 0.3 is 5.97 Å². The first-order valence-electron chi connectivity index (χ1n) is 4.63. The van der Waals surface area contributed by atoms with E-state index in [1.54, 1.807) is 6.07 Å². The van der Waals surface area contributed by atoms with E-state index in [0.717, 1.165) is 0 Å². The average Bonchev–Trinajstić information content (AvgIpc) is 2.18. The van der Waals surface area contributed by atoms with E-state index < -0.39 is 33.9 Å². The predicted octanol–water partition coefficient (Wildman–Crippen LogP) is -0.956. The van der Waals surface area contributed by atoms with Crippen molar-refractivity contribution in [3.8, 4) is 6.07 Å². The third-order valence-corrected chi connectivity index (χ3v) is 3.71. The van der Waals surface area contributed by atoms with Gasteiger partial charge < -0.3 is 10.2 Å². The molecule has 2 unspecified atom stereocenters. The number of nitrogens with zero attached hydrogens (tertiary/aromatic N) is 1. The van der Waals surface area contributed by atoms with Crippen LogP contribution in [0.2, 0.25) is 0 Å². The Hall–Kier alpha value is -1.17. The van der Waals surface area contributed by atoms with Gasteiger partial charge in [-0.1, -0.05) is 6.92 Å². The van der Waals surface area contributed by atoms with Crippen molar-refractivity contribution in [2.45, 2.75) is 31.1 Å². The highest BCUT2D eigenvalue weighted by Crippen LogP contribution is 2.05. The van der Waals surface area contributed by atoms with Crippen molar-refractivity contribution in [3.05, 3.63) is 0 Å². The van der Waals surface area contributed by atoms with E-state index in [1.165, 1.54) is 6.92 Å². The molecule has 16 heavy (non-hydrogen) atoms. The molecular weight excluding hydrogens is 236 g/mol. The van der Waals surface area contributed by atoms with Gasteiger partial charge in [-0.2, -0.15) is 9.98 Å². The van der Waals surface area contributed by atoms with Crippen LogP contribution in [-0.4, -0.2) is 42.5 Å². The first kappa shape index (κ1) is 14.8. The summed E-state index contributed by atoms with van der Waals surface area (Å²) in [5.41, 5.74) is 0. The summed E-state index contributed by atoms with van der Waals surface area (Å²) in [7, 11) is -3.99. The van der Waals surface area contributed by atoms with E-state index in [1.807, 2.05) is 4.72 Å². The minimum absolute atomic E-state index is 0.0668. The van der Waals surface area contributed by atoms with Gasteiger partial charge in [-0.15, -0.1) is 0 Å². The number of nitrogens with one attached hydrogen (secondary N) is 1. The van der Waals surface area contributed by atoms with Crippen LogP contribution < -0.4 is 4.72 Å². The van der Waals surface area contributed by atoms with Crippen molar-refractivity contribution < 1.29 is 23.4 Å². The molecule has 0 rings (SSSR count). The van der Waals surface area contributed by atoms with Gasteiger partial charge in [0.15, 0.2) is 5.25 Å². The van der Waals surface area contributed by atoms with Crippen LogP contribution in [0.3, 0.4) is 0 Å². The highest BCUT2D eigenvalue weighted by Gasteiger charge is 2.29. The first-order valence-corrected chi connectivity index (χ1v) is 6.18. The number of hydrogen-bond donors (Lipinski definition) is 3. The lowest BCUT2D eigenvalue weighted by Crippen LogP contribution is -2.45. The van der Waals surface area contributed by atoms with E-state index >= 15 is 0 Å². The Kier molecular flexibility index (Phi) is 5.95. The van der Waals surface area contributed by atoms with Crippen LogP contribution >= 0.6 is 0 Å². The van der Waals surface area contributed by atoms with Crippen molar-refractivity contribution in [2.75, 3.05) is 6.61 Å². The largest absolute Gasteiger partial charge is 0.480 e. The van der Waals surface area contributed by atoms with E-state index in [9.17, 15) is 13.2 Å². The molecule has 0 saturated carbocycles. The van der Waals surface area contributed by atoms with Crippen molar-refractivity contribution in [3.63, 3.8) is 0 Å². The van der Waals surface area contributed by atoms with E-state index in [-0.39, 0.29) is 12.8 Å². The summed E-state index contributed by atoms with van der Waals surface area (Å²) in [6.45, 7) is 1.05. The van der Waals surface area contributed by atoms with E-state index in [2.05, 4.69) is 0 Å². The molecule has 8 heteroatoms. The zero-order valence-corrected chi connectivity index (χ0v) is 9.57. The number of nitriles is 1.